The number of nitriles is 1. The zero-order valence-corrected chi connectivity index (χ0v) is 17.9. The lowest BCUT2D eigenvalue weighted by Crippen LogP contribution is -2.46. The van der Waals surface area contributed by atoms with Gasteiger partial charge in [0.2, 0.25) is 5.91 Å². The van der Waals surface area contributed by atoms with Gasteiger partial charge in [0.1, 0.15) is 11.1 Å². The summed E-state index contributed by atoms with van der Waals surface area (Å²) < 4.78 is 0. The molecule has 152 valence electrons. The molecule has 2 heterocycles. The van der Waals surface area contributed by atoms with Gasteiger partial charge in [0.15, 0.2) is 0 Å². The van der Waals surface area contributed by atoms with Crippen molar-refractivity contribution < 1.29 is 4.79 Å². The van der Waals surface area contributed by atoms with Gasteiger partial charge in [0, 0.05) is 50.6 Å². The van der Waals surface area contributed by atoms with Crippen LogP contribution >= 0.6 is 11.3 Å². The van der Waals surface area contributed by atoms with E-state index in [9.17, 15) is 10.1 Å². The number of rotatable bonds is 6. The molecule has 5 nitrogen and oxygen atoms in total. The fourth-order valence-electron chi connectivity index (χ4n) is 4.26. The molecule has 0 bridgehead atoms. The third-order valence-corrected chi connectivity index (χ3v) is 7.27. The molecule has 1 aromatic heterocycles. The number of carbonyl (C=O) groups is 1. The van der Waals surface area contributed by atoms with E-state index in [4.69, 9.17) is 0 Å². The molecule has 0 unspecified atom stereocenters. The average molecular weight is 409 g/mol. The molecule has 4 rings (SSSR count). The summed E-state index contributed by atoms with van der Waals surface area (Å²) in [6.45, 7) is 8.01. The maximum atomic E-state index is 12.4. The minimum Gasteiger partial charge on any atom is -0.317 e. The molecular formula is C23H28N4OS. The number of amides is 1. The van der Waals surface area contributed by atoms with Crippen LogP contribution in [0.25, 0.3) is 0 Å². The number of nitrogens with zero attached hydrogens (tertiary/aromatic N) is 3. The van der Waals surface area contributed by atoms with E-state index in [0.717, 1.165) is 69.1 Å². The van der Waals surface area contributed by atoms with Crippen LogP contribution in [0.4, 0.5) is 5.00 Å². The molecule has 0 atom stereocenters. The second-order valence-corrected chi connectivity index (χ2v) is 9.12. The average Bonchev–Trinajstić information content (AvgIpc) is 3.30. The summed E-state index contributed by atoms with van der Waals surface area (Å²) in [6.07, 6.45) is 3.61. The largest absolute Gasteiger partial charge is 0.317 e. The van der Waals surface area contributed by atoms with Gasteiger partial charge >= 0.3 is 0 Å². The minimum absolute atomic E-state index is 0.0174. The Labute approximate surface area is 176 Å². The van der Waals surface area contributed by atoms with Crippen LogP contribution < -0.4 is 5.32 Å². The van der Waals surface area contributed by atoms with Crippen LogP contribution in [-0.4, -0.2) is 48.4 Å². The van der Waals surface area contributed by atoms with Crippen molar-refractivity contribution in [2.75, 3.05) is 38.0 Å². The van der Waals surface area contributed by atoms with Gasteiger partial charge < -0.3 is 10.2 Å². The summed E-state index contributed by atoms with van der Waals surface area (Å²) >= 11 is 1.59. The second kappa shape index (κ2) is 9.08. The number of aryl methyl sites for hydroxylation is 2. The van der Waals surface area contributed by atoms with Crippen LogP contribution in [0.1, 0.15) is 40.0 Å². The maximum absolute atomic E-state index is 12.4. The summed E-state index contributed by atoms with van der Waals surface area (Å²) in [4.78, 5) is 18.6. The van der Waals surface area contributed by atoms with Crippen molar-refractivity contribution in [3.05, 3.63) is 51.4 Å². The third kappa shape index (κ3) is 4.69. The van der Waals surface area contributed by atoms with Crippen molar-refractivity contribution >= 4 is 22.2 Å². The van der Waals surface area contributed by atoms with Gasteiger partial charge in [-0.05, 0) is 42.9 Å². The van der Waals surface area contributed by atoms with Gasteiger partial charge in [-0.1, -0.05) is 24.3 Å². The zero-order chi connectivity index (χ0) is 20.2. The summed E-state index contributed by atoms with van der Waals surface area (Å²) in [7, 11) is 0. The van der Waals surface area contributed by atoms with Crippen LogP contribution in [0.2, 0.25) is 0 Å². The first-order valence-corrected chi connectivity index (χ1v) is 11.3. The number of hydrogen-bond donors (Lipinski definition) is 1. The maximum Gasteiger partial charge on any atom is 0.226 e. The molecule has 1 aromatic carbocycles. The predicted octanol–water partition coefficient (Wildman–Crippen LogP) is 3.56. The van der Waals surface area contributed by atoms with Crippen LogP contribution in [0.15, 0.2) is 24.3 Å². The van der Waals surface area contributed by atoms with Crippen LogP contribution in [-0.2, 0) is 24.2 Å². The Balaban J connectivity index is 1.22. The van der Waals surface area contributed by atoms with Crippen molar-refractivity contribution in [3.8, 4) is 6.07 Å². The van der Waals surface area contributed by atoms with E-state index < -0.39 is 0 Å². The Morgan fingerprint density at radius 3 is 2.69 bits per heavy atom. The first kappa shape index (κ1) is 20.1. The lowest BCUT2D eigenvalue weighted by atomic mass is 10.1. The van der Waals surface area contributed by atoms with Crippen LogP contribution in [0.3, 0.4) is 0 Å². The lowest BCUT2D eigenvalue weighted by Gasteiger charge is -2.34. The Bertz CT molecular complexity index is 921. The van der Waals surface area contributed by atoms with Crippen molar-refractivity contribution in [3.63, 3.8) is 0 Å². The van der Waals surface area contributed by atoms with E-state index in [1.165, 1.54) is 16.0 Å². The molecule has 1 aliphatic heterocycles. The third-order valence-electron chi connectivity index (χ3n) is 6.06. The van der Waals surface area contributed by atoms with E-state index in [1.54, 1.807) is 11.3 Å². The number of benzene rings is 1. The minimum atomic E-state index is 0.0174. The van der Waals surface area contributed by atoms with Gasteiger partial charge in [-0.3, -0.25) is 9.69 Å². The number of anilines is 1. The van der Waals surface area contributed by atoms with Crippen molar-refractivity contribution in [2.45, 2.75) is 39.2 Å². The number of nitrogens with one attached hydrogen (secondary N) is 1. The normalized spacial score (nSPS) is 17.1. The smallest absolute Gasteiger partial charge is 0.226 e. The van der Waals surface area contributed by atoms with E-state index in [1.807, 2.05) is 0 Å². The first-order valence-electron chi connectivity index (χ1n) is 10.5. The quantitative estimate of drug-likeness (QED) is 0.794. The molecule has 1 amide bonds. The fraction of sp³-hybridized carbons (Fsp3) is 0.478. The Morgan fingerprint density at radius 2 is 1.93 bits per heavy atom. The fourth-order valence-corrected chi connectivity index (χ4v) is 5.51. The molecule has 1 aliphatic carbocycles. The topological polar surface area (TPSA) is 59.4 Å². The van der Waals surface area contributed by atoms with Gasteiger partial charge in [-0.25, -0.2) is 0 Å². The highest BCUT2D eigenvalue weighted by Crippen LogP contribution is 2.38. The van der Waals surface area contributed by atoms with E-state index in [2.05, 4.69) is 52.4 Å². The lowest BCUT2D eigenvalue weighted by molar-refractivity contribution is -0.116. The van der Waals surface area contributed by atoms with Crippen molar-refractivity contribution in [1.82, 2.24) is 9.80 Å². The summed E-state index contributed by atoms with van der Waals surface area (Å²) in [5.74, 6) is 0.0174. The number of piperazine rings is 1. The molecule has 1 fully saturated rings. The molecule has 2 aliphatic rings. The second-order valence-electron chi connectivity index (χ2n) is 8.02. The van der Waals surface area contributed by atoms with E-state index in [0.29, 0.717) is 12.0 Å². The molecule has 0 spiro atoms. The molecule has 6 heteroatoms. The number of hydrogen-bond acceptors (Lipinski definition) is 5. The van der Waals surface area contributed by atoms with Crippen LogP contribution in [0.5, 0.6) is 0 Å². The summed E-state index contributed by atoms with van der Waals surface area (Å²) in [6, 6.07) is 10.9. The van der Waals surface area contributed by atoms with E-state index in [-0.39, 0.29) is 5.91 Å². The molecule has 1 N–H and O–H groups in total. The molecule has 2 aromatic rings. The first-order chi connectivity index (χ1) is 14.1. The predicted molar refractivity (Wildman–Crippen MR) is 117 cm³/mol. The van der Waals surface area contributed by atoms with E-state index >= 15 is 0 Å². The molecule has 0 radical (unpaired) electrons. The van der Waals surface area contributed by atoms with Gasteiger partial charge in [-0.2, -0.15) is 5.26 Å². The van der Waals surface area contributed by atoms with Crippen LogP contribution in [0, 0.1) is 18.3 Å². The summed E-state index contributed by atoms with van der Waals surface area (Å²) in [5, 5.41) is 13.2. The number of fused-ring (bicyclic) bond motifs is 1. The molecular weight excluding hydrogens is 380 g/mol. The standard InChI is InChI=1S/C23H28N4OS/c1-17-5-2-3-6-18(17)16-27-13-11-26(12-14-27)10-9-22(28)25-23-20(15-24)19-7-4-8-21(19)29-23/h2-3,5-6H,4,7-14,16H2,1H3,(H,25,28). The summed E-state index contributed by atoms with van der Waals surface area (Å²) in [5.41, 5.74) is 4.61. The van der Waals surface area contributed by atoms with Gasteiger partial charge in [0.05, 0.1) is 5.56 Å². The molecule has 29 heavy (non-hydrogen) atoms. The Morgan fingerprint density at radius 1 is 1.17 bits per heavy atom. The number of carbonyl (C=O) groups excluding carboxylic acids is 1. The molecule has 0 saturated carbocycles. The highest BCUT2D eigenvalue weighted by Gasteiger charge is 2.23. The Kier molecular flexibility index (Phi) is 6.29. The number of thiophene rings is 1. The van der Waals surface area contributed by atoms with Gasteiger partial charge in [-0.15, -0.1) is 11.3 Å². The van der Waals surface area contributed by atoms with Gasteiger partial charge in [0.25, 0.3) is 0 Å². The zero-order valence-electron chi connectivity index (χ0n) is 17.0. The molecule has 1 saturated heterocycles. The highest BCUT2D eigenvalue weighted by atomic mass is 32.1. The van der Waals surface area contributed by atoms with Crippen molar-refractivity contribution in [2.24, 2.45) is 0 Å². The SMILES string of the molecule is Cc1ccccc1CN1CCN(CCC(=O)Nc2sc3c(c2C#N)CCC3)CC1. The monoisotopic (exact) mass is 408 g/mol. The Hall–Kier alpha value is -2.20. The highest BCUT2D eigenvalue weighted by molar-refractivity contribution is 7.16. The van der Waals surface area contributed by atoms with Crippen molar-refractivity contribution in [1.29, 1.82) is 5.26 Å².